The molecule has 160 valence electrons. The van der Waals surface area contributed by atoms with Crippen molar-refractivity contribution in [2.75, 3.05) is 11.9 Å². The number of aromatic nitrogens is 1. The summed E-state index contributed by atoms with van der Waals surface area (Å²) >= 11 is 0. The molecule has 0 saturated heterocycles. The van der Waals surface area contributed by atoms with Crippen LogP contribution in [0.1, 0.15) is 42.7 Å². The highest BCUT2D eigenvalue weighted by molar-refractivity contribution is 5.98. The van der Waals surface area contributed by atoms with Crippen LogP contribution in [0.3, 0.4) is 0 Å². The topological polar surface area (TPSA) is 94.3 Å². The summed E-state index contributed by atoms with van der Waals surface area (Å²) in [5, 5.41) is 4.98. The van der Waals surface area contributed by atoms with Gasteiger partial charge in [0.25, 0.3) is 0 Å². The van der Waals surface area contributed by atoms with Crippen molar-refractivity contribution in [1.29, 1.82) is 0 Å². The van der Waals surface area contributed by atoms with Crippen molar-refractivity contribution in [3.63, 3.8) is 0 Å². The van der Waals surface area contributed by atoms with Gasteiger partial charge in [0.05, 0.1) is 11.8 Å². The molecule has 0 radical (unpaired) electrons. The highest BCUT2D eigenvalue weighted by Gasteiger charge is 2.24. The lowest BCUT2D eigenvalue weighted by atomic mass is 9.97. The predicted molar refractivity (Wildman–Crippen MR) is 120 cm³/mol. The Labute approximate surface area is 181 Å². The Morgan fingerprint density at radius 3 is 2.58 bits per heavy atom. The summed E-state index contributed by atoms with van der Waals surface area (Å²) in [4.78, 5) is 29.0. The fraction of sp³-hybridized carbons (Fsp3) is 0.320. The molecular weight excluding hydrogens is 390 g/mol. The standard InChI is InChI=1S/C25H27N3O3/c26-14-23(24(29)28-22-10-9-21-15-27-12-11-20(21)13-22)18-7-5-17(6-8-18)16-31-25(30)19-3-1-2-4-19/h5-13,15,19,23H,1-4,14,16,26H2,(H,28,29). The fourth-order valence-corrected chi connectivity index (χ4v) is 4.06. The summed E-state index contributed by atoms with van der Waals surface area (Å²) in [6.07, 6.45) is 7.58. The first-order valence-electron chi connectivity index (χ1n) is 10.7. The van der Waals surface area contributed by atoms with Gasteiger partial charge in [0.2, 0.25) is 5.91 Å². The van der Waals surface area contributed by atoms with Gasteiger partial charge in [-0.2, -0.15) is 0 Å². The number of nitrogens with zero attached hydrogens (tertiary/aromatic N) is 1. The van der Waals surface area contributed by atoms with Crippen LogP contribution in [0.15, 0.2) is 60.9 Å². The van der Waals surface area contributed by atoms with Crippen molar-refractivity contribution in [2.45, 2.75) is 38.2 Å². The molecule has 2 aromatic carbocycles. The quantitative estimate of drug-likeness (QED) is 0.563. The zero-order chi connectivity index (χ0) is 21.6. The minimum absolute atomic E-state index is 0.0518. The van der Waals surface area contributed by atoms with Crippen molar-refractivity contribution in [3.05, 3.63) is 72.1 Å². The van der Waals surface area contributed by atoms with Crippen molar-refractivity contribution in [3.8, 4) is 0 Å². The van der Waals surface area contributed by atoms with Crippen LogP contribution in [0.25, 0.3) is 10.8 Å². The number of ether oxygens (including phenoxy) is 1. The highest BCUT2D eigenvalue weighted by atomic mass is 16.5. The summed E-state index contributed by atoms with van der Waals surface area (Å²) in [6.45, 7) is 0.445. The van der Waals surface area contributed by atoms with Gasteiger partial charge in [0.15, 0.2) is 0 Å². The van der Waals surface area contributed by atoms with E-state index in [0.29, 0.717) is 0 Å². The number of hydrogen-bond acceptors (Lipinski definition) is 5. The molecule has 0 aliphatic heterocycles. The van der Waals surface area contributed by atoms with Crippen LogP contribution in [0, 0.1) is 5.92 Å². The van der Waals surface area contributed by atoms with E-state index in [1.807, 2.05) is 48.5 Å². The number of amides is 1. The van der Waals surface area contributed by atoms with Crippen molar-refractivity contribution in [2.24, 2.45) is 11.7 Å². The average Bonchev–Trinajstić information content (AvgIpc) is 3.34. The number of esters is 1. The van der Waals surface area contributed by atoms with Gasteiger partial charge in [-0.1, -0.05) is 43.2 Å². The second kappa shape index (κ2) is 9.71. The number of pyridine rings is 1. The van der Waals surface area contributed by atoms with Crippen LogP contribution in [0.4, 0.5) is 5.69 Å². The Kier molecular flexibility index (Phi) is 6.57. The van der Waals surface area contributed by atoms with E-state index in [1.165, 1.54) is 0 Å². The predicted octanol–water partition coefficient (Wildman–Crippen LogP) is 4.15. The summed E-state index contributed by atoms with van der Waals surface area (Å²) in [6, 6.07) is 15.1. The Bertz CT molecular complexity index is 1060. The maximum Gasteiger partial charge on any atom is 0.309 e. The number of carbonyl (C=O) groups excluding carboxylic acids is 2. The molecule has 6 heteroatoms. The fourth-order valence-electron chi connectivity index (χ4n) is 4.06. The SMILES string of the molecule is NCC(C(=O)Nc1ccc2cnccc2c1)c1ccc(COC(=O)C2CCCC2)cc1. The van der Waals surface area contributed by atoms with Crippen molar-refractivity contribution in [1.82, 2.24) is 4.98 Å². The number of nitrogens with one attached hydrogen (secondary N) is 1. The zero-order valence-corrected chi connectivity index (χ0v) is 17.4. The third-order valence-corrected chi connectivity index (χ3v) is 5.91. The number of nitrogens with two attached hydrogens (primary N) is 1. The van der Waals surface area contributed by atoms with Crippen LogP contribution in [-0.4, -0.2) is 23.4 Å². The molecule has 0 spiro atoms. The normalized spacial score (nSPS) is 15.0. The summed E-state index contributed by atoms with van der Waals surface area (Å²) < 4.78 is 5.45. The molecule has 1 aliphatic rings. The number of hydrogen-bond donors (Lipinski definition) is 2. The second-order valence-electron chi connectivity index (χ2n) is 8.05. The molecule has 0 bridgehead atoms. The first-order valence-corrected chi connectivity index (χ1v) is 10.7. The Morgan fingerprint density at radius 2 is 1.84 bits per heavy atom. The van der Waals surface area contributed by atoms with Crippen LogP contribution in [-0.2, 0) is 20.9 Å². The molecule has 4 rings (SSSR count). The van der Waals surface area contributed by atoms with E-state index in [1.54, 1.807) is 12.4 Å². The molecule has 3 N–H and O–H groups in total. The van der Waals surface area contributed by atoms with Gasteiger partial charge in [-0.25, -0.2) is 0 Å². The first kappa shape index (κ1) is 21.0. The lowest BCUT2D eigenvalue weighted by Crippen LogP contribution is -2.27. The Balaban J connectivity index is 1.38. The smallest absolute Gasteiger partial charge is 0.309 e. The molecule has 3 aromatic rings. The molecule has 1 aromatic heterocycles. The molecule has 1 saturated carbocycles. The number of rotatable bonds is 7. The van der Waals surface area contributed by atoms with Gasteiger partial charge >= 0.3 is 5.97 Å². The molecule has 1 fully saturated rings. The molecule has 31 heavy (non-hydrogen) atoms. The van der Waals surface area contributed by atoms with Gasteiger partial charge < -0.3 is 15.8 Å². The van der Waals surface area contributed by atoms with E-state index in [4.69, 9.17) is 10.5 Å². The van der Waals surface area contributed by atoms with Crippen molar-refractivity contribution < 1.29 is 14.3 Å². The molecule has 1 unspecified atom stereocenters. The van der Waals surface area contributed by atoms with E-state index >= 15 is 0 Å². The van der Waals surface area contributed by atoms with Crippen LogP contribution >= 0.6 is 0 Å². The van der Waals surface area contributed by atoms with Gasteiger partial charge in [-0.3, -0.25) is 14.6 Å². The maximum absolute atomic E-state index is 12.9. The Morgan fingerprint density at radius 1 is 1.06 bits per heavy atom. The largest absolute Gasteiger partial charge is 0.461 e. The highest BCUT2D eigenvalue weighted by Crippen LogP contribution is 2.26. The zero-order valence-electron chi connectivity index (χ0n) is 17.4. The molecule has 1 heterocycles. The van der Waals surface area contributed by atoms with Gasteiger partial charge in [0, 0.05) is 30.0 Å². The van der Waals surface area contributed by atoms with Gasteiger partial charge in [0.1, 0.15) is 6.61 Å². The summed E-state index contributed by atoms with van der Waals surface area (Å²) in [5.41, 5.74) is 8.36. The minimum atomic E-state index is -0.469. The van der Waals surface area contributed by atoms with E-state index in [2.05, 4.69) is 10.3 Å². The lowest BCUT2D eigenvalue weighted by Gasteiger charge is -2.16. The average molecular weight is 418 g/mol. The lowest BCUT2D eigenvalue weighted by molar-refractivity contribution is -0.149. The van der Waals surface area contributed by atoms with Crippen LogP contribution in [0.5, 0.6) is 0 Å². The number of benzene rings is 2. The summed E-state index contributed by atoms with van der Waals surface area (Å²) in [5.74, 6) is -0.678. The second-order valence-corrected chi connectivity index (χ2v) is 8.05. The molecular formula is C25H27N3O3. The Hall–Kier alpha value is -3.25. The third kappa shape index (κ3) is 5.09. The van der Waals surface area contributed by atoms with Crippen LogP contribution < -0.4 is 11.1 Å². The number of anilines is 1. The minimum Gasteiger partial charge on any atom is -0.461 e. The third-order valence-electron chi connectivity index (χ3n) is 5.91. The van der Waals surface area contributed by atoms with Crippen LogP contribution in [0.2, 0.25) is 0 Å². The number of carbonyl (C=O) groups is 2. The maximum atomic E-state index is 12.9. The molecule has 1 amide bonds. The monoisotopic (exact) mass is 417 g/mol. The first-order chi connectivity index (χ1) is 15.1. The molecule has 1 atom stereocenters. The van der Waals surface area contributed by atoms with E-state index < -0.39 is 5.92 Å². The summed E-state index contributed by atoms with van der Waals surface area (Å²) in [7, 11) is 0. The molecule has 6 nitrogen and oxygen atoms in total. The van der Waals surface area contributed by atoms with E-state index in [0.717, 1.165) is 53.3 Å². The van der Waals surface area contributed by atoms with E-state index in [9.17, 15) is 9.59 Å². The van der Waals surface area contributed by atoms with Crippen molar-refractivity contribution >= 4 is 28.3 Å². The van der Waals surface area contributed by atoms with Gasteiger partial charge in [-0.05, 0) is 47.6 Å². The van der Waals surface area contributed by atoms with E-state index in [-0.39, 0.29) is 30.9 Å². The van der Waals surface area contributed by atoms with Gasteiger partial charge in [-0.15, -0.1) is 0 Å². The molecule has 1 aliphatic carbocycles. The number of fused-ring (bicyclic) bond motifs is 1.